The minimum Gasteiger partial charge on any atom is -0.353 e. The maximum atomic E-state index is 13.9. The zero-order valence-electron chi connectivity index (χ0n) is 19.7. The number of hydrogen-bond acceptors (Lipinski definition) is 5. The van der Waals surface area contributed by atoms with E-state index in [-0.39, 0.29) is 29.7 Å². The Bertz CT molecular complexity index is 1220. The Morgan fingerprint density at radius 3 is 2.42 bits per heavy atom. The maximum absolute atomic E-state index is 13.9. The van der Waals surface area contributed by atoms with Crippen LogP contribution in [0.2, 0.25) is 0 Å². The second-order valence-electron chi connectivity index (χ2n) is 9.34. The van der Waals surface area contributed by atoms with E-state index in [0.717, 1.165) is 36.0 Å². The molecule has 3 aromatic rings. The van der Waals surface area contributed by atoms with Crippen LogP contribution in [0.4, 0.5) is 20.3 Å². The number of benzene rings is 2. The van der Waals surface area contributed by atoms with Crippen LogP contribution in [0.3, 0.4) is 0 Å². The van der Waals surface area contributed by atoms with E-state index in [1.165, 1.54) is 12.1 Å². The van der Waals surface area contributed by atoms with Crippen LogP contribution in [-0.2, 0) is 16.0 Å². The highest BCUT2D eigenvalue weighted by atomic mass is 19.2. The van der Waals surface area contributed by atoms with E-state index in [2.05, 4.69) is 15.5 Å². The molecule has 0 saturated carbocycles. The van der Waals surface area contributed by atoms with E-state index in [0.29, 0.717) is 32.1 Å². The van der Waals surface area contributed by atoms with E-state index in [1.54, 1.807) is 11.1 Å². The fraction of sp³-hybridized carbons (Fsp3) is 0.333. The molecule has 5 rings (SSSR count). The number of carbonyl (C=O) groups excluding carboxylic acids is 2. The lowest BCUT2D eigenvalue weighted by Crippen LogP contribution is -2.52. The summed E-state index contributed by atoms with van der Waals surface area (Å²) in [6.07, 6.45) is 3.07. The summed E-state index contributed by atoms with van der Waals surface area (Å²) in [5.41, 5.74) is 2.00. The highest BCUT2D eigenvalue weighted by Gasteiger charge is 2.33. The van der Waals surface area contributed by atoms with Gasteiger partial charge in [0.2, 0.25) is 11.8 Å². The number of piperidine rings is 1. The molecule has 0 atom stereocenters. The molecule has 0 aliphatic carbocycles. The van der Waals surface area contributed by atoms with Gasteiger partial charge in [-0.15, -0.1) is 5.10 Å². The molecule has 1 aromatic heterocycles. The first kappa shape index (κ1) is 23.8. The van der Waals surface area contributed by atoms with Crippen molar-refractivity contribution in [1.29, 1.82) is 0 Å². The Morgan fingerprint density at radius 2 is 1.72 bits per heavy atom. The molecule has 9 heteroatoms. The smallest absolute Gasteiger partial charge is 0.231 e. The van der Waals surface area contributed by atoms with Crippen molar-refractivity contribution in [3.8, 4) is 0 Å². The fourth-order valence-corrected chi connectivity index (χ4v) is 4.80. The number of rotatable bonds is 6. The summed E-state index contributed by atoms with van der Waals surface area (Å²) in [6, 6.07) is 15.5. The molecule has 0 radical (unpaired) electrons. The first-order chi connectivity index (χ1) is 17.5. The summed E-state index contributed by atoms with van der Waals surface area (Å²) < 4.78 is 27.3. The molecular formula is C27H27F2N5O2. The molecular weight excluding hydrogens is 464 g/mol. The van der Waals surface area contributed by atoms with Crippen LogP contribution in [0.25, 0.3) is 0 Å². The lowest BCUT2D eigenvalue weighted by molar-refractivity contribution is -0.131. The molecule has 2 saturated heterocycles. The van der Waals surface area contributed by atoms with Gasteiger partial charge in [-0.2, -0.15) is 5.10 Å². The molecule has 2 aliphatic heterocycles. The first-order valence-corrected chi connectivity index (χ1v) is 12.1. The molecule has 2 aromatic carbocycles. The number of carbonyl (C=O) groups is 2. The van der Waals surface area contributed by atoms with E-state index in [1.807, 2.05) is 41.3 Å². The van der Waals surface area contributed by atoms with Gasteiger partial charge in [-0.25, -0.2) is 8.78 Å². The van der Waals surface area contributed by atoms with Gasteiger partial charge in [0.25, 0.3) is 0 Å². The van der Waals surface area contributed by atoms with Gasteiger partial charge in [-0.3, -0.25) is 9.59 Å². The zero-order valence-corrected chi connectivity index (χ0v) is 19.7. The van der Waals surface area contributed by atoms with Crippen molar-refractivity contribution in [1.82, 2.24) is 15.1 Å². The molecule has 2 fully saturated rings. The normalized spacial score (nSPS) is 16.5. The molecule has 0 bridgehead atoms. The van der Waals surface area contributed by atoms with Crippen LogP contribution in [0.1, 0.15) is 29.9 Å². The lowest BCUT2D eigenvalue weighted by atomic mass is 9.89. The monoisotopic (exact) mass is 491 g/mol. The van der Waals surface area contributed by atoms with Gasteiger partial charge in [-0.1, -0.05) is 24.3 Å². The minimum absolute atomic E-state index is 0.00977. The second-order valence-corrected chi connectivity index (χ2v) is 9.34. The van der Waals surface area contributed by atoms with Gasteiger partial charge < -0.3 is 15.1 Å². The third-order valence-corrected chi connectivity index (χ3v) is 7.01. The van der Waals surface area contributed by atoms with E-state index >= 15 is 0 Å². The third kappa shape index (κ3) is 5.19. The van der Waals surface area contributed by atoms with Gasteiger partial charge in [0.05, 0.1) is 12.3 Å². The minimum atomic E-state index is -0.951. The largest absolute Gasteiger partial charge is 0.353 e. The van der Waals surface area contributed by atoms with Crippen LogP contribution >= 0.6 is 0 Å². The van der Waals surface area contributed by atoms with Gasteiger partial charge >= 0.3 is 0 Å². The Hall–Kier alpha value is -3.88. The molecule has 7 nitrogen and oxygen atoms in total. The van der Waals surface area contributed by atoms with Crippen LogP contribution in [0.5, 0.6) is 0 Å². The standard InChI is InChI=1S/C27H27F2N5O2/c28-23-4-1-3-20(26(23)29)15-25(35)33-13-10-19(11-14-33)18-6-8-22(9-7-18)31-27(36)21-16-34(17-21)24-5-2-12-30-32-24/h1-9,12,19,21H,10-11,13-17H2,(H,31,36). The Balaban J connectivity index is 1.09. The SMILES string of the molecule is O=C(Nc1ccc(C2CCN(C(=O)Cc3cccc(F)c3F)CC2)cc1)C1CN(c2cccnn2)C1. The van der Waals surface area contributed by atoms with E-state index < -0.39 is 11.6 Å². The topological polar surface area (TPSA) is 78.4 Å². The predicted molar refractivity (Wildman–Crippen MR) is 131 cm³/mol. The third-order valence-electron chi connectivity index (χ3n) is 7.01. The number of halogens is 2. The number of likely N-dealkylation sites (tertiary alicyclic amines) is 1. The molecule has 186 valence electrons. The molecule has 2 aliphatic rings. The highest BCUT2D eigenvalue weighted by molar-refractivity contribution is 5.94. The van der Waals surface area contributed by atoms with Crippen LogP contribution in [0, 0.1) is 17.6 Å². The van der Waals surface area contributed by atoms with Crippen molar-refractivity contribution in [2.75, 3.05) is 36.4 Å². The quantitative estimate of drug-likeness (QED) is 0.568. The predicted octanol–water partition coefficient (Wildman–Crippen LogP) is 3.78. The summed E-state index contributed by atoms with van der Waals surface area (Å²) in [5, 5.41) is 10.9. The van der Waals surface area contributed by atoms with Gasteiger partial charge in [0.1, 0.15) is 0 Å². The summed E-state index contributed by atoms with van der Waals surface area (Å²) in [7, 11) is 0. The molecule has 0 unspecified atom stereocenters. The van der Waals surface area contributed by atoms with Crippen LogP contribution in [-0.4, -0.2) is 53.1 Å². The van der Waals surface area contributed by atoms with Crippen molar-refractivity contribution in [3.05, 3.63) is 83.6 Å². The molecule has 0 spiro atoms. The van der Waals surface area contributed by atoms with E-state index in [4.69, 9.17) is 0 Å². The number of anilines is 2. The lowest BCUT2D eigenvalue weighted by Gasteiger charge is -2.38. The van der Waals surface area contributed by atoms with Crippen LogP contribution in [0.15, 0.2) is 60.8 Å². The van der Waals surface area contributed by atoms with Gasteiger partial charge in [0, 0.05) is 43.6 Å². The summed E-state index contributed by atoms with van der Waals surface area (Å²) in [5.74, 6) is -1.09. The maximum Gasteiger partial charge on any atom is 0.231 e. The number of nitrogens with zero attached hydrogens (tertiary/aromatic N) is 4. The fourth-order valence-electron chi connectivity index (χ4n) is 4.80. The van der Waals surface area contributed by atoms with E-state index in [9.17, 15) is 18.4 Å². The molecule has 36 heavy (non-hydrogen) atoms. The summed E-state index contributed by atoms with van der Waals surface area (Å²) in [4.78, 5) is 28.9. The summed E-state index contributed by atoms with van der Waals surface area (Å²) in [6.45, 7) is 2.38. The van der Waals surface area contributed by atoms with Gasteiger partial charge in [-0.05, 0) is 54.7 Å². The average molecular weight is 492 g/mol. The van der Waals surface area contributed by atoms with Crippen molar-refractivity contribution in [2.45, 2.75) is 25.2 Å². The number of amides is 2. The number of nitrogens with one attached hydrogen (secondary N) is 1. The zero-order chi connectivity index (χ0) is 25.1. The molecule has 1 N–H and O–H groups in total. The average Bonchev–Trinajstić information content (AvgIpc) is 2.87. The summed E-state index contributed by atoms with van der Waals surface area (Å²) >= 11 is 0. The Kier molecular flexibility index (Phi) is 6.88. The highest BCUT2D eigenvalue weighted by Crippen LogP contribution is 2.30. The van der Waals surface area contributed by atoms with Crippen LogP contribution < -0.4 is 10.2 Å². The molecule has 2 amide bonds. The molecule has 3 heterocycles. The van der Waals surface area contributed by atoms with Crippen molar-refractivity contribution >= 4 is 23.3 Å². The van der Waals surface area contributed by atoms with Crippen molar-refractivity contribution < 1.29 is 18.4 Å². The van der Waals surface area contributed by atoms with Crippen molar-refractivity contribution in [3.63, 3.8) is 0 Å². The Morgan fingerprint density at radius 1 is 0.972 bits per heavy atom. The van der Waals surface area contributed by atoms with Gasteiger partial charge in [0.15, 0.2) is 17.5 Å². The first-order valence-electron chi connectivity index (χ1n) is 12.1. The van der Waals surface area contributed by atoms with Crippen molar-refractivity contribution in [2.24, 2.45) is 5.92 Å². The number of hydrogen-bond donors (Lipinski definition) is 1. The Labute approximate surface area is 208 Å². The number of aromatic nitrogens is 2. The second kappa shape index (κ2) is 10.4.